The first-order chi connectivity index (χ1) is 9.31. The van der Waals surface area contributed by atoms with Gasteiger partial charge in [-0.05, 0) is 37.6 Å². The Balaban J connectivity index is 2.33. The zero-order valence-electron chi connectivity index (χ0n) is 12.4. The van der Waals surface area contributed by atoms with Crippen molar-refractivity contribution in [3.63, 3.8) is 0 Å². The van der Waals surface area contributed by atoms with Crippen molar-refractivity contribution in [2.24, 2.45) is 0 Å². The predicted octanol–water partition coefficient (Wildman–Crippen LogP) is 2.96. The molecule has 0 aliphatic carbocycles. The van der Waals surface area contributed by atoms with E-state index in [2.05, 4.69) is 42.3 Å². The summed E-state index contributed by atoms with van der Waals surface area (Å²) >= 11 is 0. The molecule has 0 unspecified atom stereocenters. The van der Waals surface area contributed by atoms with Crippen LogP contribution >= 0.6 is 0 Å². The summed E-state index contributed by atoms with van der Waals surface area (Å²) in [6.45, 7) is 8.78. The van der Waals surface area contributed by atoms with Crippen LogP contribution in [0, 0.1) is 0 Å². The summed E-state index contributed by atoms with van der Waals surface area (Å²) in [6, 6.07) is 6.84. The minimum Gasteiger partial charge on any atom is -0.496 e. The van der Waals surface area contributed by atoms with Crippen molar-refractivity contribution in [1.82, 2.24) is 10.2 Å². The number of fused-ring (bicyclic) bond motifs is 1. The van der Waals surface area contributed by atoms with E-state index in [1.165, 1.54) is 24.0 Å². The van der Waals surface area contributed by atoms with Crippen molar-refractivity contribution in [3.8, 4) is 5.75 Å². The van der Waals surface area contributed by atoms with Crippen LogP contribution in [0.15, 0.2) is 18.2 Å². The third-order valence-corrected chi connectivity index (χ3v) is 3.83. The summed E-state index contributed by atoms with van der Waals surface area (Å²) in [5, 5.41) is 3.54. The van der Waals surface area contributed by atoms with E-state index < -0.39 is 0 Å². The molecular formula is C16H26N2O. The first-order valence-corrected chi connectivity index (χ1v) is 7.42. The number of benzene rings is 1. The lowest BCUT2D eigenvalue weighted by atomic mass is 9.94. The normalized spacial score (nSPS) is 18.4. The van der Waals surface area contributed by atoms with Crippen LogP contribution in [0.3, 0.4) is 0 Å². The Kier molecular flexibility index (Phi) is 5.23. The van der Waals surface area contributed by atoms with Crippen LogP contribution in [0.25, 0.3) is 0 Å². The Hall–Kier alpha value is -1.06. The minimum absolute atomic E-state index is 0.444. The molecule has 3 heteroatoms. The number of methoxy groups -OCH3 is 1. The van der Waals surface area contributed by atoms with Gasteiger partial charge in [-0.2, -0.15) is 0 Å². The van der Waals surface area contributed by atoms with E-state index in [9.17, 15) is 0 Å². The molecule has 1 aliphatic rings. The van der Waals surface area contributed by atoms with E-state index in [1.807, 2.05) is 0 Å². The highest BCUT2D eigenvalue weighted by molar-refractivity contribution is 5.44. The fourth-order valence-corrected chi connectivity index (χ4v) is 3.06. The highest BCUT2D eigenvalue weighted by atomic mass is 16.5. The van der Waals surface area contributed by atoms with Crippen LogP contribution in [0.4, 0.5) is 0 Å². The van der Waals surface area contributed by atoms with Gasteiger partial charge in [-0.25, -0.2) is 0 Å². The van der Waals surface area contributed by atoms with Gasteiger partial charge in [0.25, 0.3) is 0 Å². The molecule has 0 amide bonds. The number of ether oxygens (including phenoxy) is 1. The predicted molar refractivity (Wildman–Crippen MR) is 79.6 cm³/mol. The maximum Gasteiger partial charge on any atom is 0.124 e. The van der Waals surface area contributed by atoms with Gasteiger partial charge >= 0.3 is 0 Å². The van der Waals surface area contributed by atoms with Gasteiger partial charge < -0.3 is 10.1 Å². The smallest absolute Gasteiger partial charge is 0.124 e. The zero-order chi connectivity index (χ0) is 13.7. The molecule has 1 atom stereocenters. The molecule has 1 N–H and O–H groups in total. The van der Waals surface area contributed by atoms with E-state index in [0.29, 0.717) is 6.04 Å². The fourth-order valence-electron chi connectivity index (χ4n) is 3.06. The number of rotatable bonds is 6. The van der Waals surface area contributed by atoms with Gasteiger partial charge in [-0.1, -0.05) is 26.0 Å². The summed E-state index contributed by atoms with van der Waals surface area (Å²) < 4.78 is 5.59. The largest absolute Gasteiger partial charge is 0.496 e. The first kappa shape index (κ1) is 14.4. The molecule has 106 valence electrons. The second-order valence-corrected chi connectivity index (χ2v) is 5.22. The SMILES string of the molecule is CCCN(CCC)[C@H]1CNCc2cccc(OC)c21. The summed E-state index contributed by atoms with van der Waals surface area (Å²) in [4.78, 5) is 2.59. The van der Waals surface area contributed by atoms with Crippen molar-refractivity contribution in [3.05, 3.63) is 29.3 Å². The van der Waals surface area contributed by atoms with E-state index in [4.69, 9.17) is 4.74 Å². The Morgan fingerprint density at radius 3 is 2.63 bits per heavy atom. The standard InChI is InChI=1S/C16H26N2O/c1-4-9-18(10-5-2)14-12-17-11-13-7-6-8-15(19-3)16(13)14/h6-8,14,17H,4-5,9-12H2,1-3H3/t14-/m0/s1. The van der Waals surface area contributed by atoms with Gasteiger partial charge in [0.1, 0.15) is 5.75 Å². The van der Waals surface area contributed by atoms with Crippen LogP contribution in [0.2, 0.25) is 0 Å². The number of nitrogens with one attached hydrogen (secondary N) is 1. The molecule has 2 rings (SSSR count). The highest BCUT2D eigenvalue weighted by Crippen LogP contribution is 2.34. The Bertz CT molecular complexity index is 385. The van der Waals surface area contributed by atoms with Crippen molar-refractivity contribution < 1.29 is 4.74 Å². The average Bonchev–Trinajstić information content (AvgIpc) is 2.45. The molecule has 3 nitrogen and oxygen atoms in total. The molecule has 19 heavy (non-hydrogen) atoms. The molecule has 1 aromatic rings. The second-order valence-electron chi connectivity index (χ2n) is 5.22. The Morgan fingerprint density at radius 1 is 1.26 bits per heavy atom. The molecule has 0 fully saturated rings. The van der Waals surface area contributed by atoms with Crippen LogP contribution in [0.1, 0.15) is 43.9 Å². The molecule has 1 aromatic carbocycles. The number of nitrogens with zero attached hydrogens (tertiary/aromatic N) is 1. The average molecular weight is 262 g/mol. The summed E-state index contributed by atoms with van der Waals surface area (Å²) in [5.74, 6) is 1.04. The second kappa shape index (κ2) is 6.92. The molecule has 0 saturated heterocycles. The van der Waals surface area contributed by atoms with Crippen LogP contribution < -0.4 is 10.1 Å². The molecule has 0 aromatic heterocycles. The zero-order valence-corrected chi connectivity index (χ0v) is 12.4. The third-order valence-electron chi connectivity index (χ3n) is 3.83. The van der Waals surface area contributed by atoms with Gasteiger partial charge in [-0.3, -0.25) is 4.90 Å². The number of hydrogen-bond acceptors (Lipinski definition) is 3. The fraction of sp³-hybridized carbons (Fsp3) is 0.625. The number of hydrogen-bond donors (Lipinski definition) is 1. The summed E-state index contributed by atoms with van der Waals surface area (Å²) in [6.07, 6.45) is 2.39. The monoisotopic (exact) mass is 262 g/mol. The first-order valence-electron chi connectivity index (χ1n) is 7.42. The minimum atomic E-state index is 0.444. The van der Waals surface area contributed by atoms with Gasteiger partial charge in [0, 0.05) is 18.7 Å². The lowest BCUT2D eigenvalue weighted by Crippen LogP contribution is -2.40. The van der Waals surface area contributed by atoms with Crippen LogP contribution in [-0.2, 0) is 6.54 Å². The topological polar surface area (TPSA) is 24.5 Å². The lowest BCUT2D eigenvalue weighted by molar-refractivity contribution is 0.181. The van der Waals surface area contributed by atoms with E-state index in [-0.39, 0.29) is 0 Å². The molecule has 0 spiro atoms. The van der Waals surface area contributed by atoms with Crippen molar-refractivity contribution in [1.29, 1.82) is 0 Å². The molecule has 1 aliphatic heterocycles. The van der Waals surface area contributed by atoms with Crippen molar-refractivity contribution in [2.45, 2.75) is 39.3 Å². The molecular weight excluding hydrogens is 236 g/mol. The van der Waals surface area contributed by atoms with E-state index in [1.54, 1.807) is 7.11 Å². The Morgan fingerprint density at radius 2 is 2.00 bits per heavy atom. The Labute approximate surface area is 116 Å². The summed E-state index contributed by atoms with van der Waals surface area (Å²) in [5.41, 5.74) is 2.78. The quantitative estimate of drug-likeness (QED) is 0.853. The maximum atomic E-state index is 5.59. The lowest BCUT2D eigenvalue weighted by Gasteiger charge is -2.36. The van der Waals surface area contributed by atoms with Crippen molar-refractivity contribution >= 4 is 0 Å². The van der Waals surface area contributed by atoms with Gasteiger partial charge in [0.05, 0.1) is 13.2 Å². The molecule has 0 saturated carbocycles. The molecule has 0 bridgehead atoms. The van der Waals surface area contributed by atoms with Crippen LogP contribution in [0.5, 0.6) is 5.75 Å². The van der Waals surface area contributed by atoms with Gasteiger partial charge in [-0.15, -0.1) is 0 Å². The van der Waals surface area contributed by atoms with Crippen molar-refractivity contribution in [2.75, 3.05) is 26.7 Å². The van der Waals surface area contributed by atoms with Gasteiger partial charge in [0.2, 0.25) is 0 Å². The van der Waals surface area contributed by atoms with Crippen LogP contribution in [-0.4, -0.2) is 31.6 Å². The van der Waals surface area contributed by atoms with E-state index >= 15 is 0 Å². The molecule has 1 heterocycles. The van der Waals surface area contributed by atoms with E-state index in [0.717, 1.165) is 31.9 Å². The molecule has 0 radical (unpaired) electrons. The maximum absolute atomic E-state index is 5.59. The summed E-state index contributed by atoms with van der Waals surface area (Å²) in [7, 11) is 1.78. The third kappa shape index (κ3) is 3.10. The van der Waals surface area contributed by atoms with Gasteiger partial charge in [0.15, 0.2) is 0 Å². The highest BCUT2D eigenvalue weighted by Gasteiger charge is 2.27.